The molecule has 3 aromatic rings. The summed E-state index contributed by atoms with van der Waals surface area (Å²) in [5.74, 6) is 1.08. The van der Waals surface area contributed by atoms with Crippen LogP contribution in [0, 0.1) is 6.92 Å². The average Bonchev–Trinajstić information content (AvgIpc) is 3.23. The van der Waals surface area contributed by atoms with Crippen LogP contribution in [0.3, 0.4) is 0 Å². The predicted molar refractivity (Wildman–Crippen MR) is 114 cm³/mol. The quantitative estimate of drug-likeness (QED) is 0.625. The van der Waals surface area contributed by atoms with Crippen LogP contribution in [0.15, 0.2) is 41.1 Å². The number of urea groups is 1. The first-order chi connectivity index (χ1) is 15.0. The molecule has 0 saturated carbocycles. The van der Waals surface area contributed by atoms with Gasteiger partial charge in [-0.25, -0.2) is 9.78 Å². The summed E-state index contributed by atoms with van der Waals surface area (Å²) >= 11 is 6.47. The third kappa shape index (κ3) is 5.07. The Balaban J connectivity index is 1.39. The van der Waals surface area contributed by atoms with Gasteiger partial charge in [0.1, 0.15) is 12.4 Å². The van der Waals surface area contributed by atoms with E-state index in [-0.39, 0.29) is 18.5 Å². The second-order valence-electron chi connectivity index (χ2n) is 7.17. The third-order valence-corrected chi connectivity index (χ3v) is 5.13. The largest absolute Gasteiger partial charge is 0.422 e. The van der Waals surface area contributed by atoms with Gasteiger partial charge in [-0.2, -0.15) is 0 Å². The molecule has 1 aliphatic heterocycles. The van der Waals surface area contributed by atoms with Crippen molar-refractivity contribution in [2.24, 2.45) is 0 Å². The topological polar surface area (TPSA) is 117 Å². The van der Waals surface area contributed by atoms with Gasteiger partial charge in [-0.05, 0) is 42.2 Å². The van der Waals surface area contributed by atoms with Gasteiger partial charge >= 0.3 is 6.03 Å². The van der Waals surface area contributed by atoms with Crippen molar-refractivity contribution < 1.29 is 14.3 Å². The number of aliphatic hydroxyl groups is 1. The standard InChI is InChI=1S/C21H21ClN6O3/c1-13-2-3-17(23-10-13)25-21(30)28-6-4-15(5-7-28)20-16(22)8-14(11-24-20)9-18-26-27-19(12-29)31-18/h2-4,8,10-11,29H,5-7,9,12H2,1H3,(H,23,25,30). The third-order valence-electron chi connectivity index (χ3n) is 4.84. The molecule has 0 atom stereocenters. The van der Waals surface area contributed by atoms with Crippen molar-refractivity contribution in [1.29, 1.82) is 0 Å². The summed E-state index contributed by atoms with van der Waals surface area (Å²) in [5, 5.41) is 19.9. The maximum absolute atomic E-state index is 12.5. The molecule has 0 fully saturated rings. The Hall–Kier alpha value is -3.30. The second-order valence-corrected chi connectivity index (χ2v) is 7.58. The van der Waals surface area contributed by atoms with E-state index in [4.69, 9.17) is 21.1 Å². The maximum Gasteiger partial charge on any atom is 0.323 e. The van der Waals surface area contributed by atoms with Crippen LogP contribution >= 0.6 is 11.6 Å². The summed E-state index contributed by atoms with van der Waals surface area (Å²) in [6.45, 7) is 2.66. The first kappa shape index (κ1) is 21.0. The van der Waals surface area contributed by atoms with E-state index in [1.54, 1.807) is 23.4 Å². The number of aryl methyl sites for hydroxylation is 1. The number of nitrogens with zero attached hydrogens (tertiary/aromatic N) is 5. The van der Waals surface area contributed by atoms with E-state index in [0.29, 0.717) is 48.4 Å². The Morgan fingerprint density at radius 2 is 2.10 bits per heavy atom. The normalized spacial score (nSPS) is 13.8. The van der Waals surface area contributed by atoms with Crippen LogP contribution in [-0.2, 0) is 13.0 Å². The lowest BCUT2D eigenvalue weighted by Gasteiger charge is -2.26. The average molecular weight is 441 g/mol. The van der Waals surface area contributed by atoms with E-state index in [9.17, 15) is 4.79 Å². The first-order valence-corrected chi connectivity index (χ1v) is 10.1. The molecule has 1 aliphatic rings. The van der Waals surface area contributed by atoms with Crippen LogP contribution in [0.2, 0.25) is 5.02 Å². The van der Waals surface area contributed by atoms with Crippen LogP contribution in [0.25, 0.3) is 5.57 Å². The molecule has 0 unspecified atom stereocenters. The Bertz CT molecular complexity index is 1110. The fourth-order valence-corrected chi connectivity index (χ4v) is 3.52. The SMILES string of the molecule is Cc1ccc(NC(=O)N2CC=C(c3ncc(Cc4nnc(CO)o4)cc3Cl)CC2)nc1. The van der Waals surface area contributed by atoms with Gasteiger partial charge in [-0.1, -0.05) is 23.7 Å². The van der Waals surface area contributed by atoms with Gasteiger partial charge in [0.05, 0.1) is 17.1 Å². The van der Waals surface area contributed by atoms with Crippen molar-refractivity contribution in [2.75, 3.05) is 18.4 Å². The minimum atomic E-state index is -0.296. The number of halogens is 1. The summed E-state index contributed by atoms with van der Waals surface area (Å²) in [6.07, 6.45) is 6.41. The van der Waals surface area contributed by atoms with Crippen LogP contribution in [0.5, 0.6) is 0 Å². The number of nitrogens with one attached hydrogen (secondary N) is 1. The number of rotatable bonds is 5. The van der Waals surface area contributed by atoms with Crippen molar-refractivity contribution >= 4 is 29.0 Å². The number of hydrogen-bond donors (Lipinski definition) is 2. The zero-order valence-corrected chi connectivity index (χ0v) is 17.6. The lowest BCUT2D eigenvalue weighted by Crippen LogP contribution is -2.38. The number of aromatic nitrogens is 4. The Kier molecular flexibility index (Phi) is 6.24. The summed E-state index contributed by atoms with van der Waals surface area (Å²) in [7, 11) is 0. The molecule has 0 saturated heterocycles. The Morgan fingerprint density at radius 3 is 2.74 bits per heavy atom. The van der Waals surface area contributed by atoms with Gasteiger partial charge in [0.15, 0.2) is 0 Å². The first-order valence-electron chi connectivity index (χ1n) is 9.76. The summed E-state index contributed by atoms with van der Waals surface area (Å²) < 4.78 is 5.30. The molecule has 2 N–H and O–H groups in total. The van der Waals surface area contributed by atoms with Crippen LogP contribution in [0.1, 0.15) is 35.0 Å². The number of carbonyl (C=O) groups is 1. The van der Waals surface area contributed by atoms with Gasteiger partial charge in [-0.3, -0.25) is 10.3 Å². The fourth-order valence-electron chi connectivity index (χ4n) is 3.21. The zero-order chi connectivity index (χ0) is 21.8. The van der Waals surface area contributed by atoms with Gasteiger partial charge in [0, 0.05) is 25.5 Å². The number of pyridine rings is 2. The summed E-state index contributed by atoms with van der Waals surface area (Å²) in [5.41, 5.74) is 3.55. The summed E-state index contributed by atoms with van der Waals surface area (Å²) in [6, 6.07) is 5.30. The molecule has 4 rings (SSSR count). The van der Waals surface area contributed by atoms with Gasteiger partial charge < -0.3 is 14.4 Å². The summed E-state index contributed by atoms with van der Waals surface area (Å²) in [4.78, 5) is 22.9. The lowest BCUT2D eigenvalue weighted by atomic mass is 10.0. The Morgan fingerprint density at radius 1 is 1.26 bits per heavy atom. The van der Waals surface area contributed by atoms with Gasteiger partial charge in [0.25, 0.3) is 0 Å². The van der Waals surface area contributed by atoms with E-state index in [1.165, 1.54) is 0 Å². The minimum absolute atomic E-state index is 0.171. The number of amides is 2. The molecule has 160 valence electrons. The lowest BCUT2D eigenvalue weighted by molar-refractivity contribution is 0.217. The molecule has 4 heterocycles. The molecule has 3 aromatic heterocycles. The van der Waals surface area contributed by atoms with Crippen molar-refractivity contribution in [3.8, 4) is 0 Å². The number of anilines is 1. The van der Waals surface area contributed by atoms with Crippen molar-refractivity contribution in [3.05, 3.63) is 70.3 Å². The van der Waals surface area contributed by atoms with E-state index in [0.717, 1.165) is 16.7 Å². The highest BCUT2D eigenvalue weighted by atomic mass is 35.5. The monoisotopic (exact) mass is 440 g/mol. The smallest absolute Gasteiger partial charge is 0.323 e. The van der Waals surface area contributed by atoms with Crippen molar-refractivity contribution in [1.82, 2.24) is 25.1 Å². The molecule has 0 aliphatic carbocycles. The van der Waals surface area contributed by atoms with Crippen molar-refractivity contribution in [2.45, 2.75) is 26.4 Å². The van der Waals surface area contributed by atoms with E-state index in [1.807, 2.05) is 25.1 Å². The predicted octanol–water partition coefficient (Wildman–Crippen LogP) is 3.23. The molecule has 0 bridgehead atoms. The Labute approximate surface area is 183 Å². The van der Waals surface area contributed by atoms with Gasteiger partial charge in [-0.15, -0.1) is 10.2 Å². The molecular formula is C21H21ClN6O3. The molecule has 9 nitrogen and oxygen atoms in total. The van der Waals surface area contributed by atoms with E-state index in [2.05, 4.69) is 25.5 Å². The maximum atomic E-state index is 12.5. The van der Waals surface area contributed by atoms with Crippen LogP contribution < -0.4 is 5.32 Å². The second kappa shape index (κ2) is 9.23. The van der Waals surface area contributed by atoms with Crippen molar-refractivity contribution in [3.63, 3.8) is 0 Å². The van der Waals surface area contributed by atoms with E-state index < -0.39 is 0 Å². The van der Waals surface area contributed by atoms with Gasteiger partial charge in [0.2, 0.25) is 11.8 Å². The molecular weight excluding hydrogens is 420 g/mol. The molecule has 2 amide bonds. The molecule has 0 aromatic carbocycles. The van der Waals surface area contributed by atoms with E-state index >= 15 is 0 Å². The highest BCUT2D eigenvalue weighted by molar-refractivity contribution is 6.32. The van der Waals surface area contributed by atoms with Crippen LogP contribution in [0.4, 0.5) is 10.6 Å². The molecule has 0 spiro atoms. The minimum Gasteiger partial charge on any atom is -0.422 e. The highest BCUT2D eigenvalue weighted by Gasteiger charge is 2.20. The zero-order valence-electron chi connectivity index (χ0n) is 16.9. The fraction of sp³-hybridized carbons (Fsp3) is 0.286. The number of hydrogen-bond acceptors (Lipinski definition) is 7. The van der Waals surface area contributed by atoms with Crippen LogP contribution in [-0.4, -0.2) is 49.3 Å². The molecule has 10 heteroatoms. The number of aliphatic hydroxyl groups excluding tert-OH is 1. The highest BCUT2D eigenvalue weighted by Crippen LogP contribution is 2.28. The molecule has 31 heavy (non-hydrogen) atoms. The number of carbonyl (C=O) groups excluding carboxylic acids is 1. The molecule has 0 radical (unpaired) electrons.